The fourth-order valence-corrected chi connectivity index (χ4v) is 2.27. The van der Waals surface area contributed by atoms with Gasteiger partial charge in [0.15, 0.2) is 0 Å². The lowest BCUT2D eigenvalue weighted by molar-refractivity contribution is 0.0215. The minimum Gasteiger partial charge on any atom is -0.469 e. The Bertz CT molecular complexity index is 300. The Hall–Kier alpha value is -0.800. The summed E-state index contributed by atoms with van der Waals surface area (Å²) < 4.78 is 5.25. The van der Waals surface area contributed by atoms with E-state index in [2.05, 4.69) is 0 Å². The molecule has 3 heteroatoms. The molecule has 1 aliphatic rings. The molecule has 13 heavy (non-hydrogen) atoms. The van der Waals surface area contributed by atoms with Gasteiger partial charge >= 0.3 is 0 Å². The standard InChI is InChI=1S/C10H15NO2/c1-7-9(2-3-13-7)10(6-11)4-8(12)5-10/h2-3,8,12H,4-6,11H2,1H3. The molecule has 1 fully saturated rings. The van der Waals surface area contributed by atoms with Crippen LogP contribution in [0.15, 0.2) is 16.7 Å². The highest BCUT2D eigenvalue weighted by Gasteiger charge is 2.45. The lowest BCUT2D eigenvalue weighted by atomic mass is 9.63. The highest BCUT2D eigenvalue weighted by molar-refractivity contribution is 5.31. The Kier molecular flexibility index (Phi) is 1.93. The molecule has 0 spiro atoms. The molecule has 0 bridgehead atoms. The number of nitrogens with two attached hydrogens (primary N) is 1. The van der Waals surface area contributed by atoms with Crippen LogP contribution in [0.5, 0.6) is 0 Å². The van der Waals surface area contributed by atoms with E-state index < -0.39 is 0 Å². The number of aliphatic hydroxyl groups excluding tert-OH is 1. The van der Waals surface area contributed by atoms with E-state index in [-0.39, 0.29) is 11.5 Å². The Morgan fingerprint density at radius 3 is 2.77 bits per heavy atom. The first-order valence-electron chi connectivity index (χ1n) is 4.61. The molecule has 1 aliphatic carbocycles. The molecular formula is C10H15NO2. The topological polar surface area (TPSA) is 59.4 Å². The minimum absolute atomic E-state index is 0.0174. The number of hydrogen-bond acceptors (Lipinski definition) is 3. The molecule has 0 radical (unpaired) electrons. The van der Waals surface area contributed by atoms with E-state index in [4.69, 9.17) is 10.2 Å². The molecular weight excluding hydrogens is 166 g/mol. The van der Waals surface area contributed by atoms with Gasteiger partial charge in [0, 0.05) is 17.5 Å². The average molecular weight is 181 g/mol. The summed E-state index contributed by atoms with van der Waals surface area (Å²) in [6.07, 6.45) is 3.04. The molecule has 0 unspecified atom stereocenters. The van der Waals surface area contributed by atoms with Crippen LogP contribution in [0.3, 0.4) is 0 Å². The maximum absolute atomic E-state index is 9.32. The van der Waals surface area contributed by atoms with E-state index in [0.29, 0.717) is 6.54 Å². The SMILES string of the molecule is Cc1occc1C1(CN)CC(O)C1. The van der Waals surface area contributed by atoms with Crippen molar-refractivity contribution in [3.63, 3.8) is 0 Å². The zero-order valence-electron chi connectivity index (χ0n) is 7.79. The highest BCUT2D eigenvalue weighted by Crippen LogP contribution is 2.44. The Labute approximate surface area is 77.5 Å². The summed E-state index contributed by atoms with van der Waals surface area (Å²) in [5.74, 6) is 0.928. The van der Waals surface area contributed by atoms with Crippen molar-refractivity contribution in [2.75, 3.05) is 6.54 Å². The molecule has 3 N–H and O–H groups in total. The summed E-state index contributed by atoms with van der Waals surface area (Å²) in [6, 6.07) is 1.97. The van der Waals surface area contributed by atoms with E-state index >= 15 is 0 Å². The summed E-state index contributed by atoms with van der Waals surface area (Å²) in [5.41, 5.74) is 6.89. The third-order valence-electron chi connectivity index (χ3n) is 3.07. The summed E-state index contributed by atoms with van der Waals surface area (Å²) in [6.45, 7) is 2.53. The van der Waals surface area contributed by atoms with E-state index in [1.165, 1.54) is 5.56 Å². The zero-order chi connectivity index (χ0) is 9.47. The van der Waals surface area contributed by atoms with E-state index in [0.717, 1.165) is 18.6 Å². The number of aryl methyl sites for hydroxylation is 1. The zero-order valence-corrected chi connectivity index (χ0v) is 7.79. The maximum atomic E-state index is 9.32. The van der Waals surface area contributed by atoms with Crippen molar-refractivity contribution in [1.82, 2.24) is 0 Å². The normalized spacial score (nSPS) is 33.0. The largest absolute Gasteiger partial charge is 0.469 e. The maximum Gasteiger partial charge on any atom is 0.104 e. The number of rotatable bonds is 2. The lowest BCUT2D eigenvalue weighted by Gasteiger charge is -2.44. The first-order valence-corrected chi connectivity index (χ1v) is 4.61. The molecule has 1 heterocycles. The molecule has 0 atom stereocenters. The molecule has 0 aliphatic heterocycles. The molecule has 0 saturated heterocycles. The Morgan fingerprint density at radius 1 is 1.69 bits per heavy atom. The van der Waals surface area contributed by atoms with Gasteiger partial charge in [0.05, 0.1) is 12.4 Å². The molecule has 0 aromatic carbocycles. The van der Waals surface area contributed by atoms with Crippen LogP contribution >= 0.6 is 0 Å². The van der Waals surface area contributed by atoms with Crippen molar-refractivity contribution < 1.29 is 9.52 Å². The lowest BCUT2D eigenvalue weighted by Crippen LogP contribution is -2.49. The molecule has 3 nitrogen and oxygen atoms in total. The van der Waals surface area contributed by atoms with Crippen molar-refractivity contribution in [2.24, 2.45) is 5.73 Å². The third kappa shape index (κ3) is 1.19. The predicted molar refractivity (Wildman–Crippen MR) is 49.4 cm³/mol. The van der Waals surface area contributed by atoms with Crippen molar-refractivity contribution in [2.45, 2.75) is 31.3 Å². The first-order chi connectivity index (χ1) is 6.18. The highest BCUT2D eigenvalue weighted by atomic mass is 16.3. The van der Waals surface area contributed by atoms with Crippen molar-refractivity contribution in [3.8, 4) is 0 Å². The quantitative estimate of drug-likeness (QED) is 0.713. The molecule has 0 amide bonds. The molecule has 1 aromatic heterocycles. The average Bonchev–Trinajstić information content (AvgIpc) is 2.46. The van der Waals surface area contributed by atoms with Crippen LogP contribution in [0.2, 0.25) is 0 Å². The van der Waals surface area contributed by atoms with Crippen LogP contribution in [0.25, 0.3) is 0 Å². The van der Waals surface area contributed by atoms with Crippen LogP contribution in [-0.2, 0) is 5.41 Å². The second kappa shape index (κ2) is 2.86. The van der Waals surface area contributed by atoms with Gasteiger partial charge in [0.1, 0.15) is 5.76 Å². The van der Waals surface area contributed by atoms with E-state index in [1.54, 1.807) is 6.26 Å². The number of hydrogen-bond donors (Lipinski definition) is 2. The smallest absolute Gasteiger partial charge is 0.104 e. The van der Waals surface area contributed by atoms with E-state index in [9.17, 15) is 5.11 Å². The fraction of sp³-hybridized carbons (Fsp3) is 0.600. The van der Waals surface area contributed by atoms with Crippen LogP contribution in [-0.4, -0.2) is 17.8 Å². The van der Waals surface area contributed by atoms with Crippen LogP contribution in [0.1, 0.15) is 24.2 Å². The third-order valence-corrected chi connectivity index (χ3v) is 3.07. The second-order valence-electron chi connectivity index (χ2n) is 3.94. The fourth-order valence-electron chi connectivity index (χ4n) is 2.27. The van der Waals surface area contributed by atoms with Gasteiger partial charge in [0.2, 0.25) is 0 Å². The number of furan rings is 1. The van der Waals surface area contributed by atoms with E-state index in [1.807, 2.05) is 13.0 Å². The molecule has 72 valence electrons. The van der Waals surface area contributed by atoms with Crippen molar-refractivity contribution in [3.05, 3.63) is 23.7 Å². The van der Waals surface area contributed by atoms with Crippen LogP contribution in [0.4, 0.5) is 0 Å². The molecule has 1 saturated carbocycles. The van der Waals surface area contributed by atoms with Gasteiger partial charge in [-0.2, -0.15) is 0 Å². The minimum atomic E-state index is -0.183. The summed E-state index contributed by atoms with van der Waals surface area (Å²) in [4.78, 5) is 0. The van der Waals surface area contributed by atoms with Gasteiger partial charge in [-0.05, 0) is 25.8 Å². The van der Waals surface area contributed by atoms with Gasteiger partial charge < -0.3 is 15.3 Å². The Morgan fingerprint density at radius 2 is 2.38 bits per heavy atom. The summed E-state index contributed by atoms with van der Waals surface area (Å²) >= 11 is 0. The van der Waals surface area contributed by atoms with Crippen molar-refractivity contribution >= 4 is 0 Å². The Balaban J connectivity index is 2.28. The van der Waals surface area contributed by atoms with Gasteiger partial charge in [-0.3, -0.25) is 0 Å². The predicted octanol–water partition coefficient (Wildman–Crippen LogP) is 0.939. The summed E-state index contributed by atoms with van der Waals surface area (Å²) in [5, 5.41) is 9.32. The van der Waals surface area contributed by atoms with Crippen LogP contribution < -0.4 is 5.73 Å². The van der Waals surface area contributed by atoms with Gasteiger partial charge in [0.25, 0.3) is 0 Å². The van der Waals surface area contributed by atoms with Gasteiger partial charge in [-0.1, -0.05) is 0 Å². The molecule has 1 aromatic rings. The van der Waals surface area contributed by atoms with Crippen molar-refractivity contribution in [1.29, 1.82) is 0 Å². The second-order valence-corrected chi connectivity index (χ2v) is 3.94. The first kappa shape index (κ1) is 8.78. The van der Waals surface area contributed by atoms with Crippen LogP contribution in [0, 0.1) is 6.92 Å². The number of aliphatic hydroxyl groups is 1. The monoisotopic (exact) mass is 181 g/mol. The van der Waals surface area contributed by atoms with Gasteiger partial charge in [-0.25, -0.2) is 0 Å². The molecule has 2 rings (SSSR count). The van der Waals surface area contributed by atoms with Gasteiger partial charge in [-0.15, -0.1) is 0 Å². The summed E-state index contributed by atoms with van der Waals surface area (Å²) in [7, 11) is 0.